The van der Waals surface area contributed by atoms with E-state index in [0.29, 0.717) is 36.6 Å². The maximum absolute atomic E-state index is 14.0. The van der Waals surface area contributed by atoms with Crippen LogP contribution < -0.4 is 10.1 Å². The van der Waals surface area contributed by atoms with Gasteiger partial charge in [-0.2, -0.15) is 4.31 Å². The number of benzene rings is 3. The molecule has 2 heterocycles. The van der Waals surface area contributed by atoms with E-state index < -0.39 is 16.1 Å². The number of carbonyl (C=O) groups is 2. The second-order valence-electron chi connectivity index (χ2n) is 10.7. The minimum Gasteiger partial charge on any atom is -0.497 e. The summed E-state index contributed by atoms with van der Waals surface area (Å²) in [7, 11) is -1.92. The summed E-state index contributed by atoms with van der Waals surface area (Å²) in [6.07, 6.45) is 3.80. The SMILES string of the molecule is COc1ccc(CN(C(=O)CCc2ccc(S(=O)(=O)N3CCCC3)cc2)[C@@H](C(=O)NCc2ccco2)c2ccccc2)cc1. The van der Waals surface area contributed by atoms with E-state index in [1.54, 1.807) is 54.7 Å². The lowest BCUT2D eigenvalue weighted by molar-refractivity contribution is -0.141. The highest BCUT2D eigenvalue weighted by Crippen LogP contribution is 2.27. The van der Waals surface area contributed by atoms with Gasteiger partial charge in [-0.3, -0.25) is 9.59 Å². The molecule has 1 N–H and O–H groups in total. The Morgan fingerprint density at radius 2 is 1.59 bits per heavy atom. The fourth-order valence-corrected chi connectivity index (χ4v) is 6.86. The predicted molar refractivity (Wildman–Crippen MR) is 166 cm³/mol. The largest absolute Gasteiger partial charge is 0.497 e. The van der Waals surface area contributed by atoms with Gasteiger partial charge in [-0.25, -0.2) is 8.42 Å². The van der Waals surface area contributed by atoms with Gasteiger partial charge in [0.25, 0.3) is 0 Å². The fourth-order valence-electron chi connectivity index (χ4n) is 5.34. The summed E-state index contributed by atoms with van der Waals surface area (Å²) < 4.78 is 38.1. The number of hydrogen-bond donors (Lipinski definition) is 1. The molecule has 2 amide bonds. The highest BCUT2D eigenvalue weighted by molar-refractivity contribution is 7.89. The van der Waals surface area contributed by atoms with Crippen molar-refractivity contribution in [2.45, 2.75) is 49.7 Å². The van der Waals surface area contributed by atoms with Crippen LogP contribution in [0.1, 0.15) is 47.8 Å². The van der Waals surface area contributed by atoms with Gasteiger partial charge in [0.15, 0.2) is 0 Å². The molecule has 230 valence electrons. The number of ether oxygens (including phenoxy) is 1. The molecule has 1 aromatic heterocycles. The molecule has 0 radical (unpaired) electrons. The first-order chi connectivity index (χ1) is 21.3. The van der Waals surface area contributed by atoms with Crippen LogP contribution in [-0.4, -0.2) is 49.6 Å². The van der Waals surface area contributed by atoms with E-state index in [-0.39, 0.29) is 36.2 Å². The molecule has 0 spiro atoms. The third kappa shape index (κ3) is 7.56. The molecular weight excluding hydrogens is 578 g/mol. The Kier molecular flexibility index (Phi) is 10.1. The van der Waals surface area contributed by atoms with Crippen molar-refractivity contribution >= 4 is 21.8 Å². The zero-order valence-electron chi connectivity index (χ0n) is 24.7. The van der Waals surface area contributed by atoms with Gasteiger partial charge in [-0.1, -0.05) is 54.6 Å². The van der Waals surface area contributed by atoms with Crippen molar-refractivity contribution < 1.29 is 27.2 Å². The summed E-state index contributed by atoms with van der Waals surface area (Å²) in [5.41, 5.74) is 2.36. The van der Waals surface area contributed by atoms with E-state index in [1.165, 1.54) is 4.31 Å². The van der Waals surface area contributed by atoms with E-state index in [2.05, 4.69) is 5.32 Å². The number of methoxy groups -OCH3 is 1. The van der Waals surface area contributed by atoms with Gasteiger partial charge in [0.2, 0.25) is 21.8 Å². The number of nitrogens with zero attached hydrogens (tertiary/aromatic N) is 2. The van der Waals surface area contributed by atoms with Crippen LogP contribution in [0, 0.1) is 0 Å². The van der Waals surface area contributed by atoms with Gasteiger partial charge in [0.05, 0.1) is 24.8 Å². The zero-order chi connectivity index (χ0) is 30.9. The first-order valence-electron chi connectivity index (χ1n) is 14.7. The number of carbonyl (C=O) groups excluding carboxylic acids is 2. The monoisotopic (exact) mass is 615 g/mol. The van der Waals surface area contributed by atoms with Gasteiger partial charge in [-0.05, 0) is 72.4 Å². The number of sulfonamides is 1. The average Bonchev–Trinajstić information content (AvgIpc) is 3.79. The number of amides is 2. The predicted octanol–water partition coefficient (Wildman–Crippen LogP) is 5.09. The third-order valence-corrected chi connectivity index (χ3v) is 9.69. The van der Waals surface area contributed by atoms with Gasteiger partial charge in [0, 0.05) is 26.1 Å². The lowest BCUT2D eigenvalue weighted by Gasteiger charge is -2.32. The Balaban J connectivity index is 1.37. The van der Waals surface area contributed by atoms with Gasteiger partial charge in [0.1, 0.15) is 17.6 Å². The molecule has 9 nitrogen and oxygen atoms in total. The Hall–Kier alpha value is -4.41. The summed E-state index contributed by atoms with van der Waals surface area (Å²) >= 11 is 0. The summed E-state index contributed by atoms with van der Waals surface area (Å²) in [5, 5.41) is 2.93. The van der Waals surface area contributed by atoms with Crippen LogP contribution in [0.25, 0.3) is 0 Å². The van der Waals surface area contributed by atoms with Crippen LogP contribution in [0.2, 0.25) is 0 Å². The van der Waals surface area contributed by atoms with Crippen LogP contribution in [-0.2, 0) is 39.1 Å². The molecule has 1 aliphatic heterocycles. The molecule has 44 heavy (non-hydrogen) atoms. The van der Waals surface area contributed by atoms with Crippen molar-refractivity contribution in [3.05, 3.63) is 120 Å². The molecule has 0 aliphatic carbocycles. The van der Waals surface area contributed by atoms with Crippen molar-refractivity contribution in [2.24, 2.45) is 0 Å². The first kappa shape index (κ1) is 31.0. The molecule has 10 heteroatoms. The second-order valence-corrected chi connectivity index (χ2v) is 12.7. The molecular formula is C34H37N3O6S. The maximum Gasteiger partial charge on any atom is 0.247 e. The summed E-state index contributed by atoms with van der Waals surface area (Å²) in [6, 6.07) is 26.0. The molecule has 5 rings (SSSR count). The van der Waals surface area contributed by atoms with E-state index in [0.717, 1.165) is 24.0 Å². The molecule has 3 aromatic carbocycles. The number of furan rings is 1. The molecule has 1 aliphatic rings. The fraction of sp³-hybridized carbons (Fsp3) is 0.294. The first-order valence-corrected chi connectivity index (χ1v) is 16.2. The summed E-state index contributed by atoms with van der Waals surface area (Å²) in [5.74, 6) is 0.758. The Morgan fingerprint density at radius 1 is 0.909 bits per heavy atom. The van der Waals surface area contributed by atoms with Crippen molar-refractivity contribution in [1.82, 2.24) is 14.5 Å². The summed E-state index contributed by atoms with van der Waals surface area (Å²) in [4.78, 5) is 29.6. The third-order valence-electron chi connectivity index (χ3n) is 7.78. The minimum atomic E-state index is -3.52. The number of aryl methyl sites for hydroxylation is 1. The number of rotatable bonds is 13. The quantitative estimate of drug-likeness (QED) is 0.224. The van der Waals surface area contributed by atoms with Crippen LogP contribution in [0.5, 0.6) is 5.75 Å². The molecule has 0 bridgehead atoms. The summed E-state index contributed by atoms with van der Waals surface area (Å²) in [6.45, 7) is 1.47. The Bertz CT molecular complexity index is 1620. The van der Waals surface area contributed by atoms with E-state index >= 15 is 0 Å². The van der Waals surface area contributed by atoms with Crippen LogP contribution in [0.3, 0.4) is 0 Å². The van der Waals surface area contributed by atoms with Gasteiger partial charge in [-0.15, -0.1) is 0 Å². The van der Waals surface area contributed by atoms with E-state index in [9.17, 15) is 18.0 Å². The van der Waals surface area contributed by atoms with Crippen molar-refractivity contribution in [3.8, 4) is 5.75 Å². The standard InChI is InChI=1S/C34H37N3O6S/c1-42-29-16-11-27(12-17-29)25-37(33(28-8-3-2-4-9-28)34(39)35-24-30-10-7-23-43-30)32(38)20-15-26-13-18-31(19-14-26)44(40,41)36-21-5-6-22-36/h2-4,7-14,16-19,23,33H,5-6,15,20-22,24-25H2,1H3,(H,35,39)/t33-/m1/s1. The van der Waals surface area contributed by atoms with Gasteiger partial charge >= 0.3 is 0 Å². The van der Waals surface area contributed by atoms with E-state index in [4.69, 9.17) is 9.15 Å². The topological polar surface area (TPSA) is 109 Å². The van der Waals surface area contributed by atoms with E-state index in [1.807, 2.05) is 54.6 Å². The van der Waals surface area contributed by atoms with Crippen molar-refractivity contribution in [3.63, 3.8) is 0 Å². The molecule has 1 atom stereocenters. The number of nitrogens with one attached hydrogen (secondary N) is 1. The minimum absolute atomic E-state index is 0.128. The molecule has 4 aromatic rings. The Labute approximate surface area is 258 Å². The highest BCUT2D eigenvalue weighted by atomic mass is 32.2. The number of hydrogen-bond acceptors (Lipinski definition) is 6. The van der Waals surface area contributed by atoms with Crippen molar-refractivity contribution in [2.75, 3.05) is 20.2 Å². The highest BCUT2D eigenvalue weighted by Gasteiger charge is 2.32. The normalized spacial score (nSPS) is 14.2. The lowest BCUT2D eigenvalue weighted by Crippen LogP contribution is -2.43. The second kappa shape index (κ2) is 14.4. The molecule has 1 saturated heterocycles. The smallest absolute Gasteiger partial charge is 0.247 e. The zero-order valence-corrected chi connectivity index (χ0v) is 25.5. The lowest BCUT2D eigenvalue weighted by atomic mass is 10.0. The Morgan fingerprint density at radius 3 is 2.23 bits per heavy atom. The van der Waals surface area contributed by atoms with Crippen molar-refractivity contribution in [1.29, 1.82) is 0 Å². The maximum atomic E-state index is 14.0. The van der Waals surface area contributed by atoms with Crippen LogP contribution in [0.4, 0.5) is 0 Å². The van der Waals surface area contributed by atoms with Gasteiger partial charge < -0.3 is 19.4 Å². The van der Waals surface area contributed by atoms with Crippen LogP contribution >= 0.6 is 0 Å². The molecule has 0 unspecified atom stereocenters. The molecule has 0 saturated carbocycles. The average molecular weight is 616 g/mol. The molecule has 1 fully saturated rings. The van der Waals surface area contributed by atoms with Crippen LogP contribution in [0.15, 0.2) is 107 Å².